The van der Waals surface area contributed by atoms with Gasteiger partial charge in [-0.25, -0.2) is 0 Å². The lowest BCUT2D eigenvalue weighted by Crippen LogP contribution is -2.15. The van der Waals surface area contributed by atoms with Gasteiger partial charge in [-0.2, -0.15) is 0 Å². The molecule has 0 heterocycles. The van der Waals surface area contributed by atoms with Crippen molar-refractivity contribution in [3.63, 3.8) is 0 Å². The molecule has 1 rings (SSSR count). The molecule has 0 fully saturated rings. The van der Waals surface area contributed by atoms with Crippen molar-refractivity contribution >= 4 is 7.12 Å². The Morgan fingerprint density at radius 1 is 1.17 bits per heavy atom. The first-order chi connectivity index (χ1) is 5.59. The Kier molecular flexibility index (Phi) is 2.90. The van der Waals surface area contributed by atoms with Crippen LogP contribution in [0.2, 0.25) is 0 Å². The summed E-state index contributed by atoms with van der Waals surface area (Å²) in [4.78, 5) is 0. The lowest BCUT2D eigenvalue weighted by atomic mass is 9.81. The van der Waals surface area contributed by atoms with Gasteiger partial charge in [0.15, 0.2) is 0 Å². The second-order valence-electron chi connectivity index (χ2n) is 3.10. The van der Waals surface area contributed by atoms with Gasteiger partial charge in [-0.1, -0.05) is 18.2 Å². The Balaban J connectivity index is 2.82. The molecule has 0 atom stereocenters. The third kappa shape index (κ3) is 2.36. The third-order valence-corrected chi connectivity index (χ3v) is 1.99. The minimum absolute atomic E-state index is 0.307. The molecule has 2 N–H and O–H groups in total. The van der Waals surface area contributed by atoms with Gasteiger partial charge < -0.3 is 10.0 Å². The van der Waals surface area contributed by atoms with E-state index in [1.807, 2.05) is 32.0 Å². The standard InChI is InChI=1S/C9H13BO2/c1-7-3-4-9(5-8(7)2)6-10(11)12/h3-5,11-12H,6H2,1-2H3. The second-order valence-corrected chi connectivity index (χ2v) is 3.10. The van der Waals surface area contributed by atoms with Crippen LogP contribution in [0.3, 0.4) is 0 Å². The monoisotopic (exact) mass is 164 g/mol. The fraction of sp³-hybridized carbons (Fsp3) is 0.333. The van der Waals surface area contributed by atoms with E-state index in [9.17, 15) is 0 Å². The second kappa shape index (κ2) is 3.74. The van der Waals surface area contributed by atoms with E-state index in [0.29, 0.717) is 6.32 Å². The molecule has 0 radical (unpaired) electrons. The summed E-state index contributed by atoms with van der Waals surface area (Å²) >= 11 is 0. The third-order valence-electron chi connectivity index (χ3n) is 1.99. The summed E-state index contributed by atoms with van der Waals surface area (Å²) in [5.74, 6) is 0. The lowest BCUT2D eigenvalue weighted by Gasteiger charge is -2.03. The largest absolute Gasteiger partial charge is 0.456 e. The van der Waals surface area contributed by atoms with Gasteiger partial charge in [0.1, 0.15) is 0 Å². The van der Waals surface area contributed by atoms with Crippen molar-refractivity contribution in [3.05, 3.63) is 34.9 Å². The molecule has 0 spiro atoms. The first-order valence-electron chi connectivity index (χ1n) is 4.02. The van der Waals surface area contributed by atoms with Crippen LogP contribution < -0.4 is 0 Å². The van der Waals surface area contributed by atoms with Gasteiger partial charge >= 0.3 is 7.12 Å². The predicted octanol–water partition coefficient (Wildman–Crippen LogP) is 0.858. The molecule has 64 valence electrons. The Bertz CT molecular complexity index is 271. The normalized spacial score (nSPS) is 10.0. The molecule has 0 aliphatic carbocycles. The van der Waals surface area contributed by atoms with Crippen molar-refractivity contribution in [1.82, 2.24) is 0 Å². The molecule has 0 aliphatic rings. The Morgan fingerprint density at radius 2 is 1.83 bits per heavy atom. The summed E-state index contributed by atoms with van der Waals surface area (Å²) in [6, 6.07) is 5.89. The number of benzene rings is 1. The van der Waals surface area contributed by atoms with Gasteiger partial charge in [-0.05, 0) is 30.5 Å². The highest BCUT2D eigenvalue weighted by atomic mass is 16.4. The summed E-state index contributed by atoms with van der Waals surface area (Å²) in [6.07, 6.45) is 0.307. The minimum Gasteiger partial charge on any atom is -0.427 e. The number of rotatable bonds is 2. The quantitative estimate of drug-likeness (QED) is 0.636. The summed E-state index contributed by atoms with van der Waals surface area (Å²) in [7, 11) is -1.24. The zero-order chi connectivity index (χ0) is 9.14. The highest BCUT2D eigenvalue weighted by Gasteiger charge is 2.07. The average molecular weight is 164 g/mol. The first kappa shape index (κ1) is 9.29. The fourth-order valence-electron chi connectivity index (χ4n) is 1.14. The van der Waals surface area contributed by atoms with Crippen LogP contribution in [0.1, 0.15) is 16.7 Å². The van der Waals surface area contributed by atoms with Crippen LogP contribution in [-0.4, -0.2) is 17.2 Å². The van der Waals surface area contributed by atoms with E-state index in [-0.39, 0.29) is 0 Å². The molecule has 3 heteroatoms. The molecule has 12 heavy (non-hydrogen) atoms. The average Bonchev–Trinajstić information content (AvgIpc) is 1.96. The van der Waals surface area contributed by atoms with E-state index in [2.05, 4.69) is 0 Å². The lowest BCUT2D eigenvalue weighted by molar-refractivity contribution is 0.405. The van der Waals surface area contributed by atoms with Gasteiger partial charge in [-0.3, -0.25) is 0 Å². The molecular formula is C9H13BO2. The van der Waals surface area contributed by atoms with Crippen LogP contribution in [0.15, 0.2) is 18.2 Å². The van der Waals surface area contributed by atoms with Crippen molar-refractivity contribution < 1.29 is 10.0 Å². The first-order valence-corrected chi connectivity index (χ1v) is 4.02. The molecule has 0 unspecified atom stereocenters. The van der Waals surface area contributed by atoms with Crippen LogP contribution in [0, 0.1) is 13.8 Å². The van der Waals surface area contributed by atoms with Gasteiger partial charge in [0.2, 0.25) is 0 Å². The van der Waals surface area contributed by atoms with E-state index in [0.717, 1.165) is 5.56 Å². The van der Waals surface area contributed by atoms with Crippen molar-refractivity contribution in [3.8, 4) is 0 Å². The van der Waals surface area contributed by atoms with Crippen molar-refractivity contribution in [1.29, 1.82) is 0 Å². The maximum Gasteiger partial charge on any atom is 0.456 e. The SMILES string of the molecule is Cc1ccc(CB(O)O)cc1C. The maximum absolute atomic E-state index is 8.72. The molecule has 0 amide bonds. The van der Waals surface area contributed by atoms with Crippen LogP contribution in [0.4, 0.5) is 0 Å². The molecular weight excluding hydrogens is 151 g/mol. The Labute approximate surface area is 73.0 Å². The molecule has 2 nitrogen and oxygen atoms in total. The molecule has 1 aromatic rings. The number of aryl methyl sites for hydroxylation is 2. The van der Waals surface area contributed by atoms with Crippen LogP contribution in [-0.2, 0) is 6.32 Å². The molecule has 0 aromatic heterocycles. The zero-order valence-electron chi connectivity index (χ0n) is 7.41. The highest BCUT2D eigenvalue weighted by molar-refractivity contribution is 6.40. The minimum atomic E-state index is -1.24. The molecule has 1 aromatic carbocycles. The Morgan fingerprint density at radius 3 is 2.33 bits per heavy atom. The van der Waals surface area contributed by atoms with E-state index < -0.39 is 7.12 Å². The van der Waals surface area contributed by atoms with Crippen LogP contribution >= 0.6 is 0 Å². The van der Waals surface area contributed by atoms with Gasteiger partial charge in [0.25, 0.3) is 0 Å². The summed E-state index contributed by atoms with van der Waals surface area (Å²) in [5.41, 5.74) is 3.38. The van der Waals surface area contributed by atoms with E-state index in [1.165, 1.54) is 11.1 Å². The van der Waals surface area contributed by atoms with Crippen LogP contribution in [0.5, 0.6) is 0 Å². The molecule has 0 saturated carbocycles. The molecule has 0 bridgehead atoms. The van der Waals surface area contributed by atoms with Crippen molar-refractivity contribution in [2.24, 2.45) is 0 Å². The van der Waals surface area contributed by atoms with E-state index >= 15 is 0 Å². The van der Waals surface area contributed by atoms with E-state index in [4.69, 9.17) is 10.0 Å². The van der Waals surface area contributed by atoms with Crippen molar-refractivity contribution in [2.75, 3.05) is 0 Å². The number of hydrogen-bond donors (Lipinski definition) is 2. The molecule has 0 saturated heterocycles. The topological polar surface area (TPSA) is 40.5 Å². The van der Waals surface area contributed by atoms with Gasteiger partial charge in [0.05, 0.1) is 0 Å². The van der Waals surface area contributed by atoms with Crippen LogP contribution in [0.25, 0.3) is 0 Å². The molecule has 0 aliphatic heterocycles. The highest BCUT2D eigenvalue weighted by Crippen LogP contribution is 2.10. The summed E-state index contributed by atoms with van der Waals surface area (Å²) < 4.78 is 0. The van der Waals surface area contributed by atoms with Gasteiger partial charge in [-0.15, -0.1) is 0 Å². The van der Waals surface area contributed by atoms with Gasteiger partial charge in [0, 0.05) is 6.32 Å². The predicted molar refractivity (Wildman–Crippen MR) is 49.8 cm³/mol. The van der Waals surface area contributed by atoms with Crippen molar-refractivity contribution in [2.45, 2.75) is 20.2 Å². The smallest absolute Gasteiger partial charge is 0.427 e. The fourth-order valence-corrected chi connectivity index (χ4v) is 1.14. The van der Waals surface area contributed by atoms with E-state index in [1.54, 1.807) is 0 Å². The maximum atomic E-state index is 8.72. The summed E-state index contributed by atoms with van der Waals surface area (Å²) in [6.45, 7) is 4.05. The zero-order valence-corrected chi connectivity index (χ0v) is 7.41. The summed E-state index contributed by atoms with van der Waals surface area (Å²) in [5, 5.41) is 17.4. The Hall–Kier alpha value is -0.795. The number of hydrogen-bond acceptors (Lipinski definition) is 2.